The molecule has 0 spiro atoms. The van der Waals surface area contributed by atoms with Crippen molar-refractivity contribution >= 4 is 18.3 Å². The van der Waals surface area contributed by atoms with E-state index >= 15 is 0 Å². The molecule has 0 saturated carbocycles. The fourth-order valence-electron chi connectivity index (χ4n) is 1.88. The molecule has 2 rings (SSSR count). The Bertz CT molecular complexity index is 216. The van der Waals surface area contributed by atoms with Gasteiger partial charge in [-0.2, -0.15) is 0 Å². The molecule has 1 unspecified atom stereocenters. The highest BCUT2D eigenvalue weighted by Crippen LogP contribution is 2.06. The van der Waals surface area contributed by atoms with Crippen molar-refractivity contribution in [2.24, 2.45) is 0 Å². The molecule has 0 aromatic heterocycles. The van der Waals surface area contributed by atoms with Gasteiger partial charge in [0.15, 0.2) is 0 Å². The topological polar surface area (TPSA) is 59.6 Å². The zero-order valence-corrected chi connectivity index (χ0v) is 10.1. The number of halogens is 1. The van der Waals surface area contributed by atoms with Crippen LogP contribution in [0.25, 0.3) is 0 Å². The molecule has 2 N–H and O–H groups in total. The largest absolute Gasteiger partial charge is 0.379 e. The van der Waals surface area contributed by atoms with Crippen molar-refractivity contribution in [1.82, 2.24) is 10.6 Å². The molecule has 2 saturated heterocycles. The highest BCUT2D eigenvalue weighted by atomic mass is 35.5. The van der Waals surface area contributed by atoms with Gasteiger partial charge in [0.25, 0.3) is 5.91 Å². The Morgan fingerprint density at radius 3 is 2.88 bits per heavy atom. The summed E-state index contributed by atoms with van der Waals surface area (Å²) >= 11 is 0. The molecule has 6 heteroatoms. The molecule has 0 bridgehead atoms. The second-order valence-corrected chi connectivity index (χ2v) is 3.99. The Morgan fingerprint density at radius 1 is 1.38 bits per heavy atom. The minimum absolute atomic E-state index is 0. The van der Waals surface area contributed by atoms with Gasteiger partial charge < -0.3 is 20.1 Å². The molecule has 2 aliphatic heterocycles. The van der Waals surface area contributed by atoms with Gasteiger partial charge in [-0.05, 0) is 12.8 Å². The summed E-state index contributed by atoms with van der Waals surface area (Å²) in [6, 6.07) is 0.164. The molecular weight excluding hydrogens is 232 g/mol. The van der Waals surface area contributed by atoms with E-state index in [9.17, 15) is 4.79 Å². The predicted octanol–water partition coefficient (Wildman–Crippen LogP) is -0.308. The van der Waals surface area contributed by atoms with Crippen LogP contribution in [0.15, 0.2) is 0 Å². The van der Waals surface area contributed by atoms with Crippen LogP contribution in [0.4, 0.5) is 0 Å². The molecule has 0 aliphatic carbocycles. The van der Waals surface area contributed by atoms with Crippen molar-refractivity contribution < 1.29 is 14.3 Å². The van der Waals surface area contributed by atoms with Gasteiger partial charge in [-0.15, -0.1) is 12.4 Å². The number of carbonyl (C=O) groups is 1. The second kappa shape index (κ2) is 7.06. The van der Waals surface area contributed by atoms with E-state index in [1.165, 1.54) is 0 Å². The van der Waals surface area contributed by atoms with Gasteiger partial charge in [-0.25, -0.2) is 0 Å². The number of ether oxygens (including phenoxy) is 2. The van der Waals surface area contributed by atoms with Gasteiger partial charge in [0.1, 0.15) is 6.10 Å². The Balaban J connectivity index is 0.00000128. The third-order valence-corrected chi connectivity index (χ3v) is 2.73. The van der Waals surface area contributed by atoms with E-state index in [4.69, 9.17) is 9.47 Å². The first kappa shape index (κ1) is 13.7. The van der Waals surface area contributed by atoms with E-state index in [0.717, 1.165) is 26.0 Å². The van der Waals surface area contributed by atoms with E-state index in [1.54, 1.807) is 0 Å². The van der Waals surface area contributed by atoms with Crippen molar-refractivity contribution in [3.63, 3.8) is 0 Å². The van der Waals surface area contributed by atoms with Gasteiger partial charge in [-0.3, -0.25) is 4.79 Å². The van der Waals surface area contributed by atoms with Crippen LogP contribution in [0.5, 0.6) is 0 Å². The molecule has 0 aromatic carbocycles. The number of hydrogen-bond donors (Lipinski definition) is 2. The van der Waals surface area contributed by atoms with E-state index in [1.807, 2.05) is 0 Å². The summed E-state index contributed by atoms with van der Waals surface area (Å²) in [6.07, 6.45) is 1.70. The number of nitrogens with one attached hydrogen (secondary N) is 2. The van der Waals surface area contributed by atoms with Crippen LogP contribution in [-0.2, 0) is 14.3 Å². The number of amides is 1. The molecule has 16 heavy (non-hydrogen) atoms. The number of carbonyl (C=O) groups excluding carboxylic acids is 1. The lowest BCUT2D eigenvalue weighted by molar-refractivity contribution is -0.135. The minimum atomic E-state index is -0.333. The molecule has 0 radical (unpaired) electrons. The average molecular weight is 251 g/mol. The zero-order valence-electron chi connectivity index (χ0n) is 9.24. The first-order valence-electron chi connectivity index (χ1n) is 5.57. The highest BCUT2D eigenvalue weighted by molar-refractivity contribution is 5.85. The summed E-state index contributed by atoms with van der Waals surface area (Å²) in [5.41, 5.74) is 0. The van der Waals surface area contributed by atoms with Crippen molar-refractivity contribution in [2.75, 3.05) is 32.9 Å². The van der Waals surface area contributed by atoms with Crippen molar-refractivity contribution in [1.29, 1.82) is 0 Å². The smallest absolute Gasteiger partial charge is 0.250 e. The summed E-state index contributed by atoms with van der Waals surface area (Å²) in [5, 5.41) is 6.10. The first-order valence-corrected chi connectivity index (χ1v) is 5.57. The van der Waals surface area contributed by atoms with Crippen LogP contribution >= 0.6 is 12.4 Å². The fraction of sp³-hybridized carbons (Fsp3) is 0.900. The monoisotopic (exact) mass is 250 g/mol. The molecular formula is C10H19ClN2O3. The van der Waals surface area contributed by atoms with Gasteiger partial charge in [0, 0.05) is 19.7 Å². The van der Waals surface area contributed by atoms with Crippen LogP contribution < -0.4 is 10.6 Å². The Labute approximate surface area is 102 Å². The molecule has 2 atom stereocenters. The number of morpholine rings is 1. The number of rotatable bonds is 2. The second-order valence-electron chi connectivity index (χ2n) is 3.99. The zero-order chi connectivity index (χ0) is 10.5. The normalized spacial score (nSPS) is 30.2. The lowest BCUT2D eigenvalue weighted by Gasteiger charge is -2.27. The van der Waals surface area contributed by atoms with Crippen molar-refractivity contribution in [3.8, 4) is 0 Å². The van der Waals surface area contributed by atoms with E-state index < -0.39 is 0 Å². The molecule has 1 amide bonds. The van der Waals surface area contributed by atoms with E-state index in [-0.39, 0.29) is 30.5 Å². The summed E-state index contributed by atoms with van der Waals surface area (Å²) in [4.78, 5) is 11.7. The van der Waals surface area contributed by atoms with Crippen molar-refractivity contribution in [2.45, 2.75) is 25.0 Å². The molecule has 5 nitrogen and oxygen atoms in total. The van der Waals surface area contributed by atoms with Gasteiger partial charge >= 0.3 is 0 Å². The molecule has 2 aliphatic rings. The standard InChI is InChI=1S/C10H18N2O3.ClH/c13-10(9-6-11-3-5-15-9)12-8-2-1-4-14-7-8;/h8-9,11H,1-7H2,(H,12,13);1H/t8?,9-;/m1./s1. The highest BCUT2D eigenvalue weighted by Gasteiger charge is 2.24. The van der Waals surface area contributed by atoms with Gasteiger partial charge in [-0.1, -0.05) is 0 Å². The maximum absolute atomic E-state index is 11.7. The van der Waals surface area contributed by atoms with Crippen LogP contribution in [-0.4, -0.2) is 51.0 Å². The first-order chi connectivity index (χ1) is 7.36. The lowest BCUT2D eigenvalue weighted by atomic mass is 10.1. The maximum Gasteiger partial charge on any atom is 0.250 e. The molecule has 2 fully saturated rings. The SMILES string of the molecule is Cl.O=C(NC1CCCOC1)[C@H]1CNCCO1. The predicted molar refractivity (Wildman–Crippen MR) is 61.8 cm³/mol. The Kier molecular flexibility index (Phi) is 6.05. The van der Waals surface area contributed by atoms with Crippen LogP contribution in [0, 0.1) is 0 Å². The summed E-state index contributed by atoms with van der Waals surface area (Å²) in [7, 11) is 0. The van der Waals surface area contributed by atoms with Crippen LogP contribution in [0.1, 0.15) is 12.8 Å². The third kappa shape index (κ3) is 3.90. The quantitative estimate of drug-likeness (QED) is 0.706. The minimum Gasteiger partial charge on any atom is -0.379 e. The summed E-state index contributed by atoms with van der Waals surface area (Å²) in [5.74, 6) is -0.0160. The Hall–Kier alpha value is -0.360. The Morgan fingerprint density at radius 2 is 2.25 bits per heavy atom. The van der Waals surface area contributed by atoms with Crippen molar-refractivity contribution in [3.05, 3.63) is 0 Å². The lowest BCUT2D eigenvalue weighted by Crippen LogP contribution is -2.51. The average Bonchev–Trinajstić information content (AvgIpc) is 2.31. The molecule has 0 aromatic rings. The van der Waals surface area contributed by atoms with E-state index in [0.29, 0.717) is 19.8 Å². The summed E-state index contributed by atoms with van der Waals surface area (Å²) < 4.78 is 10.7. The van der Waals surface area contributed by atoms with E-state index in [2.05, 4.69) is 10.6 Å². The summed E-state index contributed by atoms with van der Waals surface area (Å²) in [6.45, 7) is 3.49. The molecule has 94 valence electrons. The third-order valence-electron chi connectivity index (χ3n) is 2.73. The number of hydrogen-bond acceptors (Lipinski definition) is 4. The maximum atomic E-state index is 11.7. The fourth-order valence-corrected chi connectivity index (χ4v) is 1.88. The molecule has 2 heterocycles. The van der Waals surface area contributed by atoms with Gasteiger partial charge in [0.05, 0.1) is 19.3 Å². The van der Waals surface area contributed by atoms with Crippen LogP contribution in [0.2, 0.25) is 0 Å². The van der Waals surface area contributed by atoms with Gasteiger partial charge in [0.2, 0.25) is 0 Å². The van der Waals surface area contributed by atoms with Crippen LogP contribution in [0.3, 0.4) is 0 Å².